The third-order valence-electron chi connectivity index (χ3n) is 4.74. The molecule has 2 fully saturated rings. The Kier molecular flexibility index (Phi) is 4.03. The van der Waals surface area contributed by atoms with E-state index in [2.05, 4.69) is 15.9 Å². The van der Waals surface area contributed by atoms with Gasteiger partial charge in [-0.15, -0.1) is 0 Å². The Morgan fingerprint density at radius 2 is 2.00 bits per heavy atom. The van der Waals surface area contributed by atoms with Crippen molar-refractivity contribution in [2.75, 3.05) is 7.11 Å². The van der Waals surface area contributed by atoms with Crippen LogP contribution in [0.2, 0.25) is 10.0 Å². The van der Waals surface area contributed by atoms with Crippen LogP contribution in [0.15, 0.2) is 12.1 Å². The summed E-state index contributed by atoms with van der Waals surface area (Å²) in [6, 6.07) is 3.77. The third-order valence-corrected chi connectivity index (χ3v) is 6.53. The van der Waals surface area contributed by atoms with E-state index in [9.17, 15) is 0 Å². The highest BCUT2D eigenvalue weighted by Crippen LogP contribution is 2.56. The van der Waals surface area contributed by atoms with Crippen LogP contribution in [0.3, 0.4) is 0 Å². The molecule has 1 aromatic carbocycles. The van der Waals surface area contributed by atoms with Crippen LogP contribution in [0.4, 0.5) is 0 Å². The minimum atomic E-state index is 0.304. The average molecular weight is 364 g/mol. The predicted octanol–water partition coefficient (Wildman–Crippen LogP) is 5.87. The molecule has 19 heavy (non-hydrogen) atoms. The molecule has 1 nitrogen and oxygen atoms in total. The van der Waals surface area contributed by atoms with Crippen LogP contribution in [0.25, 0.3) is 0 Å². The summed E-state index contributed by atoms with van der Waals surface area (Å²) in [6.07, 6.45) is 5.51. The highest BCUT2D eigenvalue weighted by atomic mass is 79.9. The van der Waals surface area contributed by atoms with Crippen molar-refractivity contribution in [3.8, 4) is 5.75 Å². The number of rotatable bonds is 3. The molecular weight excluding hydrogens is 347 g/mol. The maximum Gasteiger partial charge on any atom is 0.138 e. The summed E-state index contributed by atoms with van der Waals surface area (Å²) in [5.74, 6) is 3.12. The van der Waals surface area contributed by atoms with Crippen LogP contribution in [0, 0.1) is 17.8 Å². The Morgan fingerprint density at radius 3 is 2.58 bits per heavy atom. The van der Waals surface area contributed by atoms with E-state index in [-0.39, 0.29) is 0 Å². The van der Waals surface area contributed by atoms with Crippen molar-refractivity contribution in [2.45, 2.75) is 30.5 Å². The summed E-state index contributed by atoms with van der Waals surface area (Å²) < 4.78 is 5.20. The number of fused-ring (bicyclic) bond motifs is 2. The lowest BCUT2D eigenvalue weighted by Crippen LogP contribution is -2.15. The Balaban J connectivity index is 1.87. The van der Waals surface area contributed by atoms with Crippen molar-refractivity contribution >= 4 is 39.1 Å². The lowest BCUT2D eigenvalue weighted by Gasteiger charge is -2.27. The lowest BCUT2D eigenvalue weighted by molar-refractivity contribution is 0.329. The minimum absolute atomic E-state index is 0.304. The molecule has 0 saturated heterocycles. The molecule has 1 aromatic rings. The van der Waals surface area contributed by atoms with Gasteiger partial charge in [-0.1, -0.05) is 45.6 Å². The fraction of sp³-hybridized carbons (Fsp3) is 0.600. The van der Waals surface area contributed by atoms with E-state index in [1.807, 2.05) is 12.1 Å². The van der Waals surface area contributed by atoms with Crippen LogP contribution < -0.4 is 4.74 Å². The second-order valence-electron chi connectivity index (χ2n) is 5.75. The first-order chi connectivity index (χ1) is 9.10. The Bertz CT molecular complexity index is 491. The SMILES string of the molecule is COc1cc(Cl)c(C(Br)C2CC3CCC2C3)cc1Cl. The molecule has 2 saturated carbocycles. The molecular formula is C15H17BrCl2O. The fourth-order valence-corrected chi connectivity index (χ4v) is 5.47. The quantitative estimate of drug-likeness (QED) is 0.609. The Morgan fingerprint density at radius 1 is 1.21 bits per heavy atom. The molecule has 0 spiro atoms. The van der Waals surface area contributed by atoms with Gasteiger partial charge in [-0.2, -0.15) is 0 Å². The molecule has 2 bridgehead atoms. The molecule has 4 heteroatoms. The van der Waals surface area contributed by atoms with Gasteiger partial charge in [-0.3, -0.25) is 0 Å². The summed E-state index contributed by atoms with van der Waals surface area (Å²) in [5.41, 5.74) is 1.10. The van der Waals surface area contributed by atoms with Gasteiger partial charge >= 0.3 is 0 Å². The number of halogens is 3. The van der Waals surface area contributed by atoms with Crippen molar-refractivity contribution in [1.29, 1.82) is 0 Å². The molecule has 0 heterocycles. The number of methoxy groups -OCH3 is 1. The highest BCUT2D eigenvalue weighted by Gasteiger charge is 2.43. The predicted molar refractivity (Wildman–Crippen MR) is 83.6 cm³/mol. The van der Waals surface area contributed by atoms with Gasteiger partial charge in [-0.05, 0) is 48.6 Å². The average Bonchev–Trinajstić information content (AvgIpc) is 3.02. The second kappa shape index (κ2) is 5.46. The van der Waals surface area contributed by atoms with Gasteiger partial charge in [0, 0.05) is 15.9 Å². The van der Waals surface area contributed by atoms with Gasteiger partial charge in [0.05, 0.1) is 12.1 Å². The zero-order chi connectivity index (χ0) is 13.6. The van der Waals surface area contributed by atoms with E-state index in [0.29, 0.717) is 21.5 Å². The largest absolute Gasteiger partial charge is 0.495 e. The van der Waals surface area contributed by atoms with Crippen LogP contribution in [0.1, 0.15) is 36.1 Å². The third kappa shape index (κ3) is 2.52. The molecule has 2 aliphatic carbocycles. The van der Waals surface area contributed by atoms with Crippen molar-refractivity contribution in [3.05, 3.63) is 27.7 Å². The maximum absolute atomic E-state index is 6.39. The first-order valence-corrected chi connectivity index (χ1v) is 8.44. The van der Waals surface area contributed by atoms with E-state index in [0.717, 1.165) is 22.4 Å². The molecule has 3 rings (SSSR count). The topological polar surface area (TPSA) is 9.23 Å². The van der Waals surface area contributed by atoms with Gasteiger partial charge in [0.2, 0.25) is 0 Å². The maximum atomic E-state index is 6.39. The number of hydrogen-bond acceptors (Lipinski definition) is 1. The normalized spacial score (nSPS) is 30.6. The smallest absolute Gasteiger partial charge is 0.138 e. The van der Waals surface area contributed by atoms with Crippen molar-refractivity contribution in [1.82, 2.24) is 0 Å². The molecule has 2 aliphatic rings. The molecule has 0 radical (unpaired) electrons. The number of ether oxygens (including phenoxy) is 1. The second-order valence-corrected chi connectivity index (χ2v) is 7.55. The van der Waals surface area contributed by atoms with E-state index >= 15 is 0 Å². The summed E-state index contributed by atoms with van der Waals surface area (Å²) >= 11 is 16.5. The van der Waals surface area contributed by atoms with Gasteiger partial charge < -0.3 is 4.74 Å². The number of hydrogen-bond donors (Lipinski definition) is 0. The van der Waals surface area contributed by atoms with E-state index < -0.39 is 0 Å². The first kappa shape index (κ1) is 14.0. The zero-order valence-electron chi connectivity index (χ0n) is 10.8. The van der Waals surface area contributed by atoms with Crippen molar-refractivity contribution in [3.63, 3.8) is 0 Å². The molecule has 0 aromatic heterocycles. The monoisotopic (exact) mass is 362 g/mol. The van der Waals surface area contributed by atoms with Crippen LogP contribution >= 0.6 is 39.1 Å². The van der Waals surface area contributed by atoms with Gasteiger partial charge in [0.15, 0.2) is 0 Å². The summed E-state index contributed by atoms with van der Waals surface area (Å²) in [6.45, 7) is 0. The lowest BCUT2D eigenvalue weighted by atomic mass is 9.84. The summed E-state index contributed by atoms with van der Waals surface area (Å²) in [7, 11) is 1.61. The molecule has 4 unspecified atom stereocenters. The van der Waals surface area contributed by atoms with Crippen molar-refractivity contribution in [2.24, 2.45) is 17.8 Å². The Hall–Kier alpha value is 0.0800. The highest BCUT2D eigenvalue weighted by molar-refractivity contribution is 9.09. The van der Waals surface area contributed by atoms with E-state index in [1.165, 1.54) is 25.7 Å². The fourth-order valence-electron chi connectivity index (χ4n) is 3.79. The molecule has 4 atom stereocenters. The van der Waals surface area contributed by atoms with Gasteiger partial charge in [0.1, 0.15) is 5.75 Å². The minimum Gasteiger partial charge on any atom is -0.495 e. The molecule has 0 aliphatic heterocycles. The summed E-state index contributed by atoms with van der Waals surface area (Å²) in [4.78, 5) is 0.304. The zero-order valence-corrected chi connectivity index (χ0v) is 13.9. The van der Waals surface area contributed by atoms with Crippen LogP contribution in [-0.2, 0) is 0 Å². The van der Waals surface area contributed by atoms with E-state index in [1.54, 1.807) is 7.11 Å². The standard InChI is InChI=1S/C15H17BrCl2O/c1-19-14-7-12(17)11(6-13(14)18)15(16)10-5-8-2-3-9(10)4-8/h6-10,15H,2-5H2,1H3. The van der Waals surface area contributed by atoms with Crippen molar-refractivity contribution < 1.29 is 4.74 Å². The summed E-state index contributed by atoms with van der Waals surface area (Å²) in [5, 5.41) is 1.38. The molecule has 104 valence electrons. The van der Waals surface area contributed by atoms with Gasteiger partial charge in [-0.25, -0.2) is 0 Å². The number of benzene rings is 1. The first-order valence-electron chi connectivity index (χ1n) is 6.77. The van der Waals surface area contributed by atoms with Crippen LogP contribution in [0.5, 0.6) is 5.75 Å². The number of alkyl halides is 1. The van der Waals surface area contributed by atoms with E-state index in [4.69, 9.17) is 27.9 Å². The van der Waals surface area contributed by atoms with Gasteiger partial charge in [0.25, 0.3) is 0 Å². The molecule has 0 N–H and O–H groups in total. The molecule has 0 amide bonds. The van der Waals surface area contributed by atoms with Crippen LogP contribution in [-0.4, -0.2) is 7.11 Å². The Labute approximate surface area is 132 Å².